The van der Waals surface area contributed by atoms with Crippen molar-refractivity contribution in [2.45, 2.75) is 12.8 Å². The lowest BCUT2D eigenvalue weighted by atomic mass is 10.1. The highest BCUT2D eigenvalue weighted by Crippen LogP contribution is 2.13. The van der Waals surface area contributed by atoms with Crippen LogP contribution in [0.15, 0.2) is 4.52 Å². The fourth-order valence-corrected chi connectivity index (χ4v) is 1.68. The van der Waals surface area contributed by atoms with Crippen LogP contribution < -0.4 is 10.6 Å². The molecule has 2 heterocycles. The lowest BCUT2D eigenvalue weighted by Gasteiger charge is -2.01. The van der Waals surface area contributed by atoms with Crippen LogP contribution in [0.2, 0.25) is 0 Å². The van der Waals surface area contributed by atoms with E-state index in [4.69, 9.17) is 4.52 Å². The molecule has 0 bridgehead atoms. The zero-order chi connectivity index (χ0) is 10.7. The molecule has 0 spiro atoms. The van der Waals surface area contributed by atoms with E-state index >= 15 is 0 Å². The summed E-state index contributed by atoms with van der Waals surface area (Å²) in [4.78, 5) is 15.2. The summed E-state index contributed by atoms with van der Waals surface area (Å²) in [7, 11) is 1.54. The van der Waals surface area contributed by atoms with Gasteiger partial charge in [0.05, 0.1) is 0 Å². The van der Waals surface area contributed by atoms with Crippen LogP contribution in [0.1, 0.15) is 22.9 Å². The van der Waals surface area contributed by atoms with Crippen LogP contribution in [-0.2, 0) is 6.42 Å². The van der Waals surface area contributed by atoms with Crippen molar-refractivity contribution in [3.8, 4) is 0 Å². The maximum Gasteiger partial charge on any atom is 0.292 e. The summed E-state index contributed by atoms with van der Waals surface area (Å²) >= 11 is 0. The normalized spacial score (nSPS) is 20.5. The molecule has 1 fully saturated rings. The molecule has 2 N–H and O–H groups in total. The Kier molecular flexibility index (Phi) is 2.96. The number of nitrogens with one attached hydrogen (secondary N) is 2. The van der Waals surface area contributed by atoms with Gasteiger partial charge < -0.3 is 15.2 Å². The molecule has 1 aliphatic rings. The van der Waals surface area contributed by atoms with E-state index in [-0.39, 0.29) is 11.7 Å². The molecule has 2 rings (SSSR count). The molecule has 82 valence electrons. The lowest BCUT2D eigenvalue weighted by Crippen LogP contribution is -2.19. The van der Waals surface area contributed by atoms with Crippen LogP contribution in [0.4, 0.5) is 0 Å². The summed E-state index contributed by atoms with van der Waals surface area (Å²) in [6.45, 7) is 2.03. The molecule has 1 aromatic rings. The van der Waals surface area contributed by atoms with E-state index in [0.29, 0.717) is 11.8 Å². The first kappa shape index (κ1) is 10.1. The minimum absolute atomic E-state index is 0.110. The van der Waals surface area contributed by atoms with E-state index in [2.05, 4.69) is 20.8 Å². The van der Waals surface area contributed by atoms with Crippen molar-refractivity contribution in [3.05, 3.63) is 11.7 Å². The average Bonchev–Trinajstić information content (AvgIpc) is 2.88. The smallest absolute Gasteiger partial charge is 0.292 e. The summed E-state index contributed by atoms with van der Waals surface area (Å²) in [6.07, 6.45) is 1.87. The SMILES string of the molecule is CNC(=O)c1noc(CC2CCNC2)n1. The quantitative estimate of drug-likeness (QED) is 0.708. The van der Waals surface area contributed by atoms with Crippen LogP contribution >= 0.6 is 0 Å². The number of carbonyl (C=O) groups is 1. The first-order chi connectivity index (χ1) is 7.29. The van der Waals surface area contributed by atoms with Gasteiger partial charge in [0.25, 0.3) is 11.7 Å². The molecule has 6 heteroatoms. The molecule has 0 aliphatic carbocycles. The zero-order valence-corrected chi connectivity index (χ0v) is 8.62. The standard InChI is InChI=1S/C9H14N4O2/c1-10-9(14)8-12-7(15-13-8)4-6-2-3-11-5-6/h6,11H,2-5H2,1H3,(H,10,14). The van der Waals surface area contributed by atoms with Gasteiger partial charge in [-0.15, -0.1) is 0 Å². The third-order valence-electron chi connectivity index (χ3n) is 2.52. The van der Waals surface area contributed by atoms with Crippen molar-refractivity contribution in [2.75, 3.05) is 20.1 Å². The zero-order valence-electron chi connectivity index (χ0n) is 8.62. The molecule has 1 saturated heterocycles. The summed E-state index contributed by atoms with van der Waals surface area (Å²) in [5.41, 5.74) is 0. The Hall–Kier alpha value is -1.43. The second-order valence-electron chi connectivity index (χ2n) is 3.65. The van der Waals surface area contributed by atoms with E-state index in [0.717, 1.165) is 25.9 Å². The van der Waals surface area contributed by atoms with E-state index in [9.17, 15) is 4.79 Å². The molecule has 1 atom stereocenters. The maximum absolute atomic E-state index is 11.2. The summed E-state index contributed by atoms with van der Waals surface area (Å²) in [5, 5.41) is 9.33. The molecule has 1 aliphatic heterocycles. The van der Waals surface area contributed by atoms with Crippen LogP contribution in [-0.4, -0.2) is 36.2 Å². The molecule has 0 saturated carbocycles. The van der Waals surface area contributed by atoms with Crippen molar-refractivity contribution in [3.63, 3.8) is 0 Å². The van der Waals surface area contributed by atoms with Gasteiger partial charge in [0.2, 0.25) is 5.89 Å². The molecule has 15 heavy (non-hydrogen) atoms. The Morgan fingerprint density at radius 1 is 1.73 bits per heavy atom. The molecule has 0 radical (unpaired) electrons. The number of amides is 1. The molecular formula is C9H14N4O2. The predicted octanol–water partition coefficient (Wildman–Crippen LogP) is -0.419. The largest absolute Gasteiger partial charge is 0.352 e. The first-order valence-corrected chi connectivity index (χ1v) is 5.05. The second kappa shape index (κ2) is 4.39. The third-order valence-corrected chi connectivity index (χ3v) is 2.52. The maximum atomic E-state index is 11.2. The number of nitrogens with zero attached hydrogens (tertiary/aromatic N) is 2. The molecular weight excluding hydrogens is 196 g/mol. The first-order valence-electron chi connectivity index (χ1n) is 5.05. The predicted molar refractivity (Wildman–Crippen MR) is 52.4 cm³/mol. The Bertz CT molecular complexity index is 344. The van der Waals surface area contributed by atoms with Gasteiger partial charge in [0, 0.05) is 13.5 Å². The highest BCUT2D eigenvalue weighted by atomic mass is 16.5. The number of hydrogen-bond acceptors (Lipinski definition) is 5. The highest BCUT2D eigenvalue weighted by Gasteiger charge is 2.19. The Morgan fingerprint density at radius 3 is 3.27 bits per heavy atom. The Balaban J connectivity index is 1.97. The molecule has 1 unspecified atom stereocenters. The van der Waals surface area contributed by atoms with Gasteiger partial charge in [0.15, 0.2) is 0 Å². The van der Waals surface area contributed by atoms with E-state index < -0.39 is 0 Å². The van der Waals surface area contributed by atoms with Crippen LogP contribution in [0.5, 0.6) is 0 Å². The third kappa shape index (κ3) is 2.33. The minimum atomic E-state index is -0.311. The van der Waals surface area contributed by atoms with Crippen LogP contribution in [0.3, 0.4) is 0 Å². The van der Waals surface area contributed by atoms with Gasteiger partial charge in [-0.25, -0.2) is 0 Å². The van der Waals surface area contributed by atoms with Gasteiger partial charge in [-0.3, -0.25) is 4.79 Å². The number of hydrogen-bond donors (Lipinski definition) is 2. The molecule has 0 aromatic carbocycles. The fraction of sp³-hybridized carbons (Fsp3) is 0.667. The van der Waals surface area contributed by atoms with E-state index in [1.807, 2.05) is 0 Å². The Labute approximate surface area is 87.4 Å². The van der Waals surface area contributed by atoms with Gasteiger partial charge in [-0.1, -0.05) is 5.16 Å². The Morgan fingerprint density at radius 2 is 2.60 bits per heavy atom. The van der Waals surface area contributed by atoms with Crippen LogP contribution in [0, 0.1) is 5.92 Å². The second-order valence-corrected chi connectivity index (χ2v) is 3.65. The van der Waals surface area contributed by atoms with Crippen molar-refractivity contribution in [1.29, 1.82) is 0 Å². The highest BCUT2D eigenvalue weighted by molar-refractivity contribution is 5.89. The number of rotatable bonds is 3. The van der Waals surface area contributed by atoms with Crippen molar-refractivity contribution in [2.24, 2.45) is 5.92 Å². The monoisotopic (exact) mass is 210 g/mol. The minimum Gasteiger partial charge on any atom is -0.352 e. The molecule has 6 nitrogen and oxygen atoms in total. The van der Waals surface area contributed by atoms with Crippen molar-refractivity contribution in [1.82, 2.24) is 20.8 Å². The van der Waals surface area contributed by atoms with Crippen molar-refractivity contribution >= 4 is 5.91 Å². The number of aromatic nitrogens is 2. The van der Waals surface area contributed by atoms with E-state index in [1.54, 1.807) is 7.05 Å². The summed E-state index contributed by atoms with van der Waals surface area (Å²) < 4.78 is 5.00. The van der Waals surface area contributed by atoms with Crippen LogP contribution in [0.25, 0.3) is 0 Å². The summed E-state index contributed by atoms with van der Waals surface area (Å²) in [5.74, 6) is 0.887. The van der Waals surface area contributed by atoms with Gasteiger partial charge in [-0.05, 0) is 25.4 Å². The summed E-state index contributed by atoms with van der Waals surface area (Å²) in [6, 6.07) is 0. The lowest BCUT2D eigenvalue weighted by molar-refractivity contribution is 0.0950. The van der Waals surface area contributed by atoms with E-state index in [1.165, 1.54) is 0 Å². The van der Waals surface area contributed by atoms with Gasteiger partial charge in [0.1, 0.15) is 0 Å². The fourth-order valence-electron chi connectivity index (χ4n) is 1.68. The molecule has 1 amide bonds. The van der Waals surface area contributed by atoms with Gasteiger partial charge in [-0.2, -0.15) is 4.98 Å². The topological polar surface area (TPSA) is 80.0 Å². The average molecular weight is 210 g/mol. The molecule has 1 aromatic heterocycles. The number of carbonyl (C=O) groups excluding carboxylic acids is 1. The van der Waals surface area contributed by atoms with Gasteiger partial charge >= 0.3 is 0 Å². The van der Waals surface area contributed by atoms with Crippen molar-refractivity contribution < 1.29 is 9.32 Å².